The van der Waals surface area contributed by atoms with Gasteiger partial charge in [-0.15, -0.1) is 11.3 Å². The maximum atomic E-state index is 12.4. The molecule has 0 aliphatic heterocycles. The number of nitrogens with one attached hydrogen (secondary N) is 1. The molecule has 0 bridgehead atoms. The monoisotopic (exact) mass is 268 g/mol. The lowest BCUT2D eigenvalue weighted by atomic mass is 10.1. The Morgan fingerprint density at radius 1 is 1.53 bits per heavy atom. The first-order valence-corrected chi connectivity index (χ1v) is 6.00. The number of methoxy groups -OCH3 is 1. The Morgan fingerprint density at radius 2 is 2.18 bits per heavy atom. The van der Waals surface area contributed by atoms with Gasteiger partial charge >= 0.3 is 6.18 Å². The molecule has 0 saturated carbocycles. The standard InChI is InChI=1S/C10H15F3N2OS/c1-4-14-8(6(2)16-3)7-5-15-9(17-7)10(11,12)13/h5-6,8,14H,4H2,1-3H3. The molecule has 0 spiro atoms. The van der Waals surface area contributed by atoms with Crippen molar-refractivity contribution in [3.8, 4) is 0 Å². The van der Waals surface area contributed by atoms with Gasteiger partial charge in [-0.3, -0.25) is 0 Å². The van der Waals surface area contributed by atoms with Gasteiger partial charge in [-0.25, -0.2) is 4.98 Å². The van der Waals surface area contributed by atoms with Gasteiger partial charge in [-0.05, 0) is 13.5 Å². The molecule has 2 atom stereocenters. The quantitative estimate of drug-likeness (QED) is 0.891. The second-order valence-corrected chi connectivity index (χ2v) is 4.60. The van der Waals surface area contributed by atoms with Crippen molar-refractivity contribution in [2.24, 2.45) is 0 Å². The van der Waals surface area contributed by atoms with Gasteiger partial charge in [0.05, 0.1) is 12.1 Å². The first kappa shape index (κ1) is 14.4. The normalized spacial score (nSPS) is 15.9. The van der Waals surface area contributed by atoms with Crippen molar-refractivity contribution in [1.29, 1.82) is 0 Å². The highest BCUT2D eigenvalue weighted by molar-refractivity contribution is 7.11. The average Bonchev–Trinajstić information content (AvgIpc) is 2.73. The molecular weight excluding hydrogens is 253 g/mol. The number of aromatic nitrogens is 1. The van der Waals surface area contributed by atoms with E-state index in [4.69, 9.17) is 4.74 Å². The first-order valence-electron chi connectivity index (χ1n) is 5.19. The number of hydrogen-bond acceptors (Lipinski definition) is 4. The van der Waals surface area contributed by atoms with Crippen molar-refractivity contribution in [3.05, 3.63) is 16.1 Å². The van der Waals surface area contributed by atoms with Gasteiger partial charge in [-0.1, -0.05) is 6.92 Å². The summed E-state index contributed by atoms with van der Waals surface area (Å²) >= 11 is 0.653. The summed E-state index contributed by atoms with van der Waals surface area (Å²) in [7, 11) is 1.53. The maximum absolute atomic E-state index is 12.4. The number of alkyl halides is 3. The molecule has 0 aliphatic rings. The molecule has 2 unspecified atom stereocenters. The number of thiazole rings is 1. The molecule has 0 saturated heterocycles. The van der Waals surface area contributed by atoms with Crippen LogP contribution in [0.1, 0.15) is 29.8 Å². The van der Waals surface area contributed by atoms with Crippen LogP contribution < -0.4 is 5.32 Å². The molecule has 1 aromatic rings. The number of hydrogen-bond donors (Lipinski definition) is 1. The highest BCUT2D eigenvalue weighted by Crippen LogP contribution is 2.35. The minimum Gasteiger partial charge on any atom is -0.380 e. The summed E-state index contributed by atoms with van der Waals surface area (Å²) < 4.78 is 42.4. The first-order chi connectivity index (χ1) is 7.90. The van der Waals surface area contributed by atoms with Crippen molar-refractivity contribution >= 4 is 11.3 Å². The van der Waals surface area contributed by atoms with Crippen molar-refractivity contribution in [1.82, 2.24) is 10.3 Å². The number of rotatable bonds is 5. The average molecular weight is 268 g/mol. The third kappa shape index (κ3) is 3.65. The Labute approximate surface area is 102 Å². The van der Waals surface area contributed by atoms with E-state index in [1.165, 1.54) is 13.3 Å². The molecule has 7 heteroatoms. The van der Waals surface area contributed by atoms with E-state index in [1.807, 2.05) is 6.92 Å². The van der Waals surface area contributed by atoms with E-state index in [-0.39, 0.29) is 12.1 Å². The molecule has 1 aromatic heterocycles. The van der Waals surface area contributed by atoms with E-state index in [0.717, 1.165) is 0 Å². The summed E-state index contributed by atoms with van der Waals surface area (Å²) in [5.74, 6) is 0. The lowest BCUT2D eigenvalue weighted by Crippen LogP contribution is -2.30. The predicted molar refractivity (Wildman–Crippen MR) is 60.0 cm³/mol. The fourth-order valence-electron chi connectivity index (χ4n) is 1.42. The Kier molecular flexibility index (Phi) is 4.91. The van der Waals surface area contributed by atoms with Crippen LogP contribution in [0, 0.1) is 0 Å². The van der Waals surface area contributed by atoms with E-state index >= 15 is 0 Å². The lowest BCUT2D eigenvalue weighted by Gasteiger charge is -2.22. The Bertz CT molecular complexity index is 354. The number of halogens is 3. The molecule has 0 fully saturated rings. The third-order valence-corrected chi connectivity index (χ3v) is 3.46. The second kappa shape index (κ2) is 5.79. The molecular formula is C10H15F3N2OS. The largest absolute Gasteiger partial charge is 0.443 e. The van der Waals surface area contributed by atoms with Crippen molar-refractivity contribution < 1.29 is 17.9 Å². The molecule has 0 aliphatic carbocycles. The molecule has 0 aromatic carbocycles. The van der Waals surface area contributed by atoms with Gasteiger partial charge < -0.3 is 10.1 Å². The Morgan fingerprint density at radius 3 is 2.59 bits per heavy atom. The molecule has 1 heterocycles. The summed E-state index contributed by atoms with van der Waals surface area (Å²) in [5.41, 5.74) is 0. The van der Waals surface area contributed by atoms with E-state index in [2.05, 4.69) is 10.3 Å². The number of nitrogens with zero attached hydrogens (tertiary/aromatic N) is 1. The molecule has 1 N–H and O–H groups in total. The summed E-state index contributed by atoms with van der Waals surface area (Å²) in [5, 5.41) is 2.27. The zero-order chi connectivity index (χ0) is 13.1. The topological polar surface area (TPSA) is 34.2 Å². The predicted octanol–water partition coefficient (Wildman–Crippen LogP) is 2.85. The number of ether oxygens (including phenoxy) is 1. The minimum absolute atomic E-state index is 0.212. The van der Waals surface area contributed by atoms with Crippen LogP contribution in [0.4, 0.5) is 13.2 Å². The fourth-order valence-corrected chi connectivity index (χ4v) is 2.37. The Hall–Kier alpha value is -0.660. The molecule has 98 valence electrons. The van der Waals surface area contributed by atoms with Crippen LogP contribution in [-0.4, -0.2) is 24.7 Å². The highest BCUT2D eigenvalue weighted by Gasteiger charge is 2.35. The Balaban J connectivity index is 2.92. The summed E-state index contributed by atoms with van der Waals surface area (Å²) in [6.07, 6.45) is -3.33. The molecule has 0 radical (unpaired) electrons. The van der Waals surface area contributed by atoms with Crippen molar-refractivity contribution in [2.75, 3.05) is 13.7 Å². The molecule has 17 heavy (non-hydrogen) atoms. The molecule has 3 nitrogen and oxygen atoms in total. The van der Waals surface area contributed by atoms with Crippen LogP contribution in [0.5, 0.6) is 0 Å². The van der Waals surface area contributed by atoms with E-state index in [1.54, 1.807) is 6.92 Å². The van der Waals surface area contributed by atoms with Crippen LogP contribution in [0.2, 0.25) is 0 Å². The SMILES string of the molecule is CCNC(c1cnc(C(F)(F)F)s1)C(C)OC. The smallest absolute Gasteiger partial charge is 0.380 e. The van der Waals surface area contributed by atoms with Crippen LogP contribution in [0.15, 0.2) is 6.20 Å². The number of likely N-dealkylation sites (N-methyl/N-ethyl adjacent to an activating group) is 1. The fraction of sp³-hybridized carbons (Fsp3) is 0.700. The third-order valence-electron chi connectivity index (χ3n) is 2.34. The summed E-state index contributed by atoms with van der Waals surface area (Å²) in [6, 6.07) is -0.265. The van der Waals surface area contributed by atoms with Crippen LogP contribution in [0.3, 0.4) is 0 Å². The van der Waals surface area contributed by atoms with Gasteiger partial charge in [-0.2, -0.15) is 13.2 Å². The zero-order valence-electron chi connectivity index (χ0n) is 9.84. The lowest BCUT2D eigenvalue weighted by molar-refractivity contribution is -0.137. The van der Waals surface area contributed by atoms with Crippen molar-refractivity contribution in [3.63, 3.8) is 0 Å². The molecule has 0 amide bonds. The van der Waals surface area contributed by atoms with E-state index in [0.29, 0.717) is 22.8 Å². The van der Waals surface area contributed by atoms with Crippen LogP contribution in [0.25, 0.3) is 0 Å². The van der Waals surface area contributed by atoms with E-state index in [9.17, 15) is 13.2 Å². The van der Waals surface area contributed by atoms with E-state index < -0.39 is 11.2 Å². The van der Waals surface area contributed by atoms with Gasteiger partial charge in [0.2, 0.25) is 0 Å². The van der Waals surface area contributed by atoms with Gasteiger partial charge in [0.25, 0.3) is 0 Å². The maximum Gasteiger partial charge on any atom is 0.443 e. The van der Waals surface area contributed by atoms with Crippen LogP contribution in [-0.2, 0) is 10.9 Å². The van der Waals surface area contributed by atoms with Crippen LogP contribution >= 0.6 is 11.3 Å². The second-order valence-electron chi connectivity index (χ2n) is 3.54. The van der Waals surface area contributed by atoms with Gasteiger partial charge in [0.15, 0.2) is 5.01 Å². The zero-order valence-corrected chi connectivity index (χ0v) is 10.7. The van der Waals surface area contributed by atoms with Gasteiger partial charge in [0, 0.05) is 18.2 Å². The summed E-state index contributed by atoms with van der Waals surface area (Å²) in [6.45, 7) is 4.35. The molecule has 1 rings (SSSR count). The van der Waals surface area contributed by atoms with Crippen molar-refractivity contribution in [2.45, 2.75) is 32.2 Å². The minimum atomic E-state index is -4.38. The van der Waals surface area contributed by atoms with Gasteiger partial charge in [0.1, 0.15) is 0 Å². The summed E-state index contributed by atoms with van der Waals surface area (Å²) in [4.78, 5) is 3.94. The highest BCUT2D eigenvalue weighted by atomic mass is 32.1.